The van der Waals surface area contributed by atoms with E-state index in [9.17, 15) is 0 Å². The van der Waals surface area contributed by atoms with Gasteiger partial charge in [0.2, 0.25) is 0 Å². The van der Waals surface area contributed by atoms with Crippen LogP contribution in [0, 0.1) is 5.92 Å². The first-order valence-electron chi connectivity index (χ1n) is 9.64. The van der Waals surface area contributed by atoms with Crippen molar-refractivity contribution in [1.29, 1.82) is 0 Å². The Morgan fingerprint density at radius 3 is 2.46 bits per heavy atom. The highest BCUT2D eigenvalue weighted by Gasteiger charge is 2.24. The van der Waals surface area contributed by atoms with Crippen LogP contribution >= 0.6 is 0 Å². The second-order valence-electron chi connectivity index (χ2n) is 7.54. The first-order chi connectivity index (χ1) is 12.9. The summed E-state index contributed by atoms with van der Waals surface area (Å²) in [7, 11) is 0. The van der Waals surface area contributed by atoms with Crippen LogP contribution < -0.4 is 0 Å². The van der Waals surface area contributed by atoms with Gasteiger partial charge in [-0.05, 0) is 67.3 Å². The summed E-state index contributed by atoms with van der Waals surface area (Å²) in [5.74, 6) is 2.54. The maximum Gasteiger partial charge on any atom is 0.107 e. The van der Waals surface area contributed by atoms with Gasteiger partial charge in [-0.3, -0.25) is 4.98 Å². The lowest BCUT2D eigenvalue weighted by atomic mass is 9.77. The molecule has 3 heteroatoms. The Labute approximate surface area is 153 Å². The number of imidazole rings is 1. The summed E-state index contributed by atoms with van der Waals surface area (Å²) < 4.78 is 0. The van der Waals surface area contributed by atoms with Gasteiger partial charge in [0.05, 0.1) is 16.6 Å². The molecular weight excluding hydrogens is 318 g/mol. The molecule has 130 valence electrons. The average molecular weight is 341 g/mol. The third-order valence-corrected chi connectivity index (χ3v) is 5.89. The van der Waals surface area contributed by atoms with Gasteiger partial charge in [-0.15, -0.1) is 0 Å². The molecule has 4 aromatic rings. The molecule has 0 spiro atoms. The van der Waals surface area contributed by atoms with Gasteiger partial charge in [0.1, 0.15) is 5.82 Å². The first kappa shape index (κ1) is 15.6. The van der Waals surface area contributed by atoms with E-state index in [-0.39, 0.29) is 0 Å². The molecular formula is C23H23N3. The topological polar surface area (TPSA) is 41.6 Å². The van der Waals surface area contributed by atoms with Crippen LogP contribution in [0.5, 0.6) is 0 Å². The molecule has 3 nitrogen and oxygen atoms in total. The smallest absolute Gasteiger partial charge is 0.107 e. The summed E-state index contributed by atoms with van der Waals surface area (Å²) in [5.41, 5.74) is 4.84. The van der Waals surface area contributed by atoms with Crippen molar-refractivity contribution >= 4 is 21.9 Å². The molecule has 0 atom stereocenters. The highest BCUT2D eigenvalue weighted by Crippen LogP contribution is 2.39. The number of benzene rings is 2. The molecule has 1 N–H and O–H groups in total. The average Bonchev–Trinajstić information content (AvgIpc) is 3.10. The molecule has 0 bridgehead atoms. The predicted molar refractivity (Wildman–Crippen MR) is 106 cm³/mol. The molecule has 5 rings (SSSR count). The molecule has 1 saturated carbocycles. The van der Waals surface area contributed by atoms with Gasteiger partial charge >= 0.3 is 0 Å². The summed E-state index contributed by atoms with van der Waals surface area (Å²) in [6.45, 7) is 0. The minimum absolute atomic E-state index is 0.662. The van der Waals surface area contributed by atoms with Crippen molar-refractivity contribution in [2.24, 2.45) is 5.92 Å². The summed E-state index contributed by atoms with van der Waals surface area (Å²) in [6.07, 6.45) is 8.12. The Kier molecular flexibility index (Phi) is 3.93. The summed E-state index contributed by atoms with van der Waals surface area (Å²) >= 11 is 0. The molecule has 1 aliphatic carbocycles. The minimum Gasteiger partial charge on any atom is -0.342 e. The van der Waals surface area contributed by atoms with Crippen molar-refractivity contribution in [3.8, 4) is 0 Å². The van der Waals surface area contributed by atoms with Crippen molar-refractivity contribution in [2.45, 2.75) is 38.0 Å². The Morgan fingerprint density at radius 2 is 1.62 bits per heavy atom. The number of para-hydroxylation sites is 3. The summed E-state index contributed by atoms with van der Waals surface area (Å²) in [5, 5.41) is 1.33. The van der Waals surface area contributed by atoms with E-state index in [1.54, 1.807) is 0 Å². The second-order valence-corrected chi connectivity index (χ2v) is 7.54. The number of aromatic amines is 1. The summed E-state index contributed by atoms with van der Waals surface area (Å²) in [6, 6.07) is 19.1. The third-order valence-electron chi connectivity index (χ3n) is 5.89. The molecule has 1 aliphatic rings. The van der Waals surface area contributed by atoms with Crippen LogP contribution in [0.15, 0.2) is 60.8 Å². The fraction of sp³-hybridized carbons (Fsp3) is 0.304. The van der Waals surface area contributed by atoms with Crippen LogP contribution in [0.25, 0.3) is 21.9 Å². The SMILES string of the molecule is c1ccc2[nH]c(C[C@H]3CC[C@H](c4ccnc5ccccc54)CC3)nc2c1. The van der Waals surface area contributed by atoms with Gasteiger partial charge in [-0.25, -0.2) is 4.98 Å². The van der Waals surface area contributed by atoms with Crippen molar-refractivity contribution in [1.82, 2.24) is 15.0 Å². The predicted octanol–water partition coefficient (Wildman–Crippen LogP) is 5.63. The molecule has 26 heavy (non-hydrogen) atoms. The lowest BCUT2D eigenvalue weighted by Gasteiger charge is -2.29. The van der Waals surface area contributed by atoms with Gasteiger partial charge in [-0.2, -0.15) is 0 Å². The Hall–Kier alpha value is -2.68. The van der Waals surface area contributed by atoms with Crippen LogP contribution in [-0.4, -0.2) is 15.0 Å². The van der Waals surface area contributed by atoms with Crippen LogP contribution in [0.4, 0.5) is 0 Å². The molecule has 0 saturated heterocycles. The van der Waals surface area contributed by atoms with E-state index >= 15 is 0 Å². The van der Waals surface area contributed by atoms with Crippen molar-refractivity contribution in [3.05, 3.63) is 72.2 Å². The Balaban J connectivity index is 1.30. The minimum atomic E-state index is 0.662. The zero-order chi connectivity index (χ0) is 17.3. The Morgan fingerprint density at radius 1 is 0.846 bits per heavy atom. The Bertz CT molecular complexity index is 1000. The number of nitrogens with zero attached hydrogens (tertiary/aromatic N) is 2. The van der Waals surface area contributed by atoms with E-state index < -0.39 is 0 Å². The molecule has 2 aromatic heterocycles. The number of nitrogens with one attached hydrogen (secondary N) is 1. The number of aromatic nitrogens is 3. The number of fused-ring (bicyclic) bond motifs is 2. The first-order valence-corrected chi connectivity index (χ1v) is 9.64. The van der Waals surface area contributed by atoms with E-state index in [1.165, 1.54) is 36.6 Å². The van der Waals surface area contributed by atoms with Crippen LogP contribution in [-0.2, 0) is 6.42 Å². The van der Waals surface area contributed by atoms with E-state index in [1.807, 2.05) is 6.20 Å². The third kappa shape index (κ3) is 2.88. The normalized spacial score (nSPS) is 20.6. The van der Waals surface area contributed by atoms with Crippen LogP contribution in [0.3, 0.4) is 0 Å². The maximum absolute atomic E-state index is 4.76. The zero-order valence-electron chi connectivity index (χ0n) is 14.9. The lowest BCUT2D eigenvalue weighted by Crippen LogP contribution is -2.16. The monoisotopic (exact) mass is 341 g/mol. The number of H-pyrrole nitrogens is 1. The molecule has 0 amide bonds. The summed E-state index contributed by atoms with van der Waals surface area (Å²) in [4.78, 5) is 12.8. The van der Waals surface area contributed by atoms with Gasteiger partial charge in [0.15, 0.2) is 0 Å². The molecule has 0 unspecified atom stereocenters. The fourth-order valence-corrected chi connectivity index (χ4v) is 4.53. The number of pyridine rings is 1. The molecule has 2 aromatic carbocycles. The second kappa shape index (κ2) is 6.56. The van der Waals surface area contributed by atoms with Crippen LogP contribution in [0.2, 0.25) is 0 Å². The van der Waals surface area contributed by atoms with Crippen molar-refractivity contribution in [2.75, 3.05) is 0 Å². The maximum atomic E-state index is 4.76. The van der Waals surface area contributed by atoms with Gasteiger partial charge in [0, 0.05) is 18.0 Å². The lowest BCUT2D eigenvalue weighted by molar-refractivity contribution is 0.322. The van der Waals surface area contributed by atoms with E-state index in [0.29, 0.717) is 5.92 Å². The zero-order valence-corrected chi connectivity index (χ0v) is 14.9. The quantitative estimate of drug-likeness (QED) is 0.525. The number of rotatable bonds is 3. The van der Waals surface area contributed by atoms with Crippen molar-refractivity contribution in [3.63, 3.8) is 0 Å². The standard InChI is InChI=1S/C23H23N3/c1-2-6-20-19(5-1)18(13-14-24-20)17-11-9-16(10-12-17)15-23-25-21-7-3-4-8-22(21)26-23/h1-8,13-14,16-17H,9-12,15H2,(H,25,26)/t16-,17-. The molecule has 2 heterocycles. The van der Waals surface area contributed by atoms with E-state index in [4.69, 9.17) is 4.98 Å². The van der Waals surface area contributed by atoms with Gasteiger partial charge < -0.3 is 4.98 Å². The van der Waals surface area contributed by atoms with E-state index in [0.717, 1.165) is 34.7 Å². The fourth-order valence-electron chi connectivity index (χ4n) is 4.53. The molecule has 0 aliphatic heterocycles. The van der Waals surface area contributed by atoms with Gasteiger partial charge in [0.25, 0.3) is 0 Å². The number of hydrogen-bond acceptors (Lipinski definition) is 2. The molecule has 0 radical (unpaired) electrons. The number of hydrogen-bond donors (Lipinski definition) is 1. The van der Waals surface area contributed by atoms with E-state index in [2.05, 4.69) is 64.6 Å². The van der Waals surface area contributed by atoms with Gasteiger partial charge in [-0.1, -0.05) is 30.3 Å². The largest absolute Gasteiger partial charge is 0.342 e. The van der Waals surface area contributed by atoms with Crippen molar-refractivity contribution < 1.29 is 0 Å². The highest BCUT2D eigenvalue weighted by atomic mass is 14.9. The van der Waals surface area contributed by atoms with Crippen LogP contribution in [0.1, 0.15) is 43.0 Å². The molecule has 1 fully saturated rings. The highest BCUT2D eigenvalue weighted by molar-refractivity contribution is 5.82.